The fourth-order valence-corrected chi connectivity index (χ4v) is 1.32. The maximum atomic E-state index is 9.17. The number of aliphatic hydroxyl groups is 4. The standard InChI is InChI=1S/C10H23NO4/c1-9(2)3-4-11(8-15)10(5-12,6-13)7-14/h9,12-15H,3-8H2,1-2H3. The van der Waals surface area contributed by atoms with E-state index in [9.17, 15) is 15.3 Å². The first-order valence-electron chi connectivity index (χ1n) is 5.24. The third kappa shape index (κ3) is 4.04. The lowest BCUT2D eigenvalue weighted by atomic mass is 10.00. The summed E-state index contributed by atoms with van der Waals surface area (Å²) in [5.74, 6) is 0.466. The van der Waals surface area contributed by atoms with E-state index in [0.717, 1.165) is 6.42 Å². The van der Waals surface area contributed by atoms with Crippen molar-refractivity contribution >= 4 is 0 Å². The number of hydrogen-bond acceptors (Lipinski definition) is 5. The molecule has 0 aromatic heterocycles. The van der Waals surface area contributed by atoms with E-state index in [1.54, 1.807) is 0 Å². The average Bonchev–Trinajstić information content (AvgIpc) is 2.24. The van der Waals surface area contributed by atoms with Gasteiger partial charge < -0.3 is 20.4 Å². The molecule has 0 atom stereocenters. The molecule has 0 aliphatic carbocycles. The van der Waals surface area contributed by atoms with Gasteiger partial charge in [0, 0.05) is 6.54 Å². The van der Waals surface area contributed by atoms with Crippen LogP contribution >= 0.6 is 0 Å². The van der Waals surface area contributed by atoms with Crippen LogP contribution in [-0.2, 0) is 0 Å². The molecule has 0 rings (SSSR count). The summed E-state index contributed by atoms with van der Waals surface area (Å²) in [4.78, 5) is 1.51. The topological polar surface area (TPSA) is 84.2 Å². The lowest BCUT2D eigenvalue weighted by molar-refractivity contribution is -0.0832. The second kappa shape index (κ2) is 7.14. The highest BCUT2D eigenvalue weighted by atomic mass is 16.3. The summed E-state index contributed by atoms with van der Waals surface area (Å²) in [6, 6.07) is 0. The van der Waals surface area contributed by atoms with E-state index in [-0.39, 0.29) is 26.6 Å². The lowest BCUT2D eigenvalue weighted by Crippen LogP contribution is -2.57. The van der Waals surface area contributed by atoms with Crippen molar-refractivity contribution in [3.8, 4) is 0 Å². The average molecular weight is 221 g/mol. The van der Waals surface area contributed by atoms with Crippen molar-refractivity contribution in [3.63, 3.8) is 0 Å². The minimum atomic E-state index is -1.12. The van der Waals surface area contributed by atoms with Gasteiger partial charge in [0.25, 0.3) is 0 Å². The van der Waals surface area contributed by atoms with Gasteiger partial charge in [-0.05, 0) is 12.3 Å². The van der Waals surface area contributed by atoms with Gasteiger partial charge in [-0.25, -0.2) is 0 Å². The van der Waals surface area contributed by atoms with Gasteiger partial charge in [-0.1, -0.05) is 13.8 Å². The zero-order valence-corrected chi connectivity index (χ0v) is 9.56. The van der Waals surface area contributed by atoms with Gasteiger partial charge in [0.1, 0.15) is 0 Å². The van der Waals surface area contributed by atoms with E-state index < -0.39 is 5.54 Å². The Morgan fingerprint density at radius 3 is 1.73 bits per heavy atom. The second-order valence-corrected chi connectivity index (χ2v) is 4.29. The Bertz CT molecular complexity index is 151. The first-order valence-corrected chi connectivity index (χ1v) is 5.24. The monoisotopic (exact) mass is 221 g/mol. The zero-order valence-electron chi connectivity index (χ0n) is 9.56. The van der Waals surface area contributed by atoms with Crippen LogP contribution in [0.15, 0.2) is 0 Å². The van der Waals surface area contributed by atoms with Crippen LogP contribution in [0, 0.1) is 5.92 Å². The molecule has 0 aromatic carbocycles. The molecule has 0 radical (unpaired) electrons. The second-order valence-electron chi connectivity index (χ2n) is 4.29. The van der Waals surface area contributed by atoms with E-state index in [2.05, 4.69) is 0 Å². The maximum Gasteiger partial charge on any atom is 0.0963 e. The van der Waals surface area contributed by atoms with E-state index in [1.165, 1.54) is 4.90 Å². The number of aliphatic hydroxyl groups excluding tert-OH is 4. The van der Waals surface area contributed by atoms with Crippen molar-refractivity contribution in [3.05, 3.63) is 0 Å². The van der Waals surface area contributed by atoms with E-state index in [0.29, 0.717) is 12.5 Å². The number of rotatable bonds is 8. The molecule has 0 spiro atoms. The Morgan fingerprint density at radius 2 is 1.47 bits per heavy atom. The van der Waals surface area contributed by atoms with Gasteiger partial charge in [0.15, 0.2) is 0 Å². The van der Waals surface area contributed by atoms with Gasteiger partial charge in [-0.15, -0.1) is 0 Å². The molecule has 15 heavy (non-hydrogen) atoms. The smallest absolute Gasteiger partial charge is 0.0963 e. The van der Waals surface area contributed by atoms with Crippen molar-refractivity contribution in [2.45, 2.75) is 25.8 Å². The normalized spacial score (nSPS) is 12.8. The van der Waals surface area contributed by atoms with Crippen LogP contribution in [0.3, 0.4) is 0 Å². The molecule has 0 heterocycles. The summed E-state index contributed by atoms with van der Waals surface area (Å²) in [5, 5.41) is 36.7. The van der Waals surface area contributed by atoms with Crippen LogP contribution in [0.1, 0.15) is 20.3 Å². The minimum absolute atomic E-state index is 0.283. The Balaban J connectivity index is 4.44. The molecule has 5 nitrogen and oxygen atoms in total. The minimum Gasteiger partial charge on any atom is -0.394 e. The van der Waals surface area contributed by atoms with Crippen LogP contribution in [0.5, 0.6) is 0 Å². The van der Waals surface area contributed by atoms with Gasteiger partial charge >= 0.3 is 0 Å². The molecule has 0 aliphatic rings. The Labute approximate surface area is 91.0 Å². The summed E-state index contributed by atoms with van der Waals surface area (Å²) in [6.07, 6.45) is 0.836. The van der Waals surface area contributed by atoms with Crippen molar-refractivity contribution in [1.82, 2.24) is 4.90 Å². The predicted molar refractivity (Wildman–Crippen MR) is 57.2 cm³/mol. The first kappa shape index (κ1) is 14.8. The molecular weight excluding hydrogens is 198 g/mol. The molecule has 92 valence electrons. The van der Waals surface area contributed by atoms with E-state index in [4.69, 9.17) is 5.11 Å². The van der Waals surface area contributed by atoms with Crippen LogP contribution in [0.25, 0.3) is 0 Å². The zero-order chi connectivity index (χ0) is 11.9. The summed E-state index contributed by atoms with van der Waals surface area (Å²) in [7, 11) is 0. The molecule has 0 fully saturated rings. The maximum absolute atomic E-state index is 9.17. The van der Waals surface area contributed by atoms with Crippen molar-refractivity contribution in [2.24, 2.45) is 5.92 Å². The Kier molecular flexibility index (Phi) is 7.04. The predicted octanol–water partition coefficient (Wildman–Crippen LogP) is -1.00. The Morgan fingerprint density at radius 1 is 1.00 bits per heavy atom. The highest BCUT2D eigenvalue weighted by molar-refractivity contribution is 4.88. The molecule has 0 bridgehead atoms. The third-order valence-electron chi connectivity index (χ3n) is 2.70. The summed E-state index contributed by atoms with van der Waals surface area (Å²) < 4.78 is 0. The largest absolute Gasteiger partial charge is 0.394 e. The fraction of sp³-hybridized carbons (Fsp3) is 1.00. The van der Waals surface area contributed by atoms with Gasteiger partial charge in [0.2, 0.25) is 0 Å². The summed E-state index contributed by atoms with van der Waals surface area (Å²) >= 11 is 0. The molecule has 4 N–H and O–H groups in total. The van der Waals surface area contributed by atoms with Gasteiger partial charge in [-0.2, -0.15) is 0 Å². The van der Waals surface area contributed by atoms with Crippen LogP contribution < -0.4 is 0 Å². The molecule has 0 amide bonds. The SMILES string of the molecule is CC(C)CCN(CO)C(CO)(CO)CO. The fourth-order valence-electron chi connectivity index (χ4n) is 1.32. The van der Waals surface area contributed by atoms with E-state index >= 15 is 0 Å². The number of nitrogens with zero attached hydrogens (tertiary/aromatic N) is 1. The highest BCUT2D eigenvalue weighted by Crippen LogP contribution is 2.15. The molecule has 0 aliphatic heterocycles. The highest BCUT2D eigenvalue weighted by Gasteiger charge is 2.34. The summed E-state index contributed by atoms with van der Waals surface area (Å²) in [5.41, 5.74) is -1.12. The molecule has 0 saturated carbocycles. The molecule has 0 saturated heterocycles. The van der Waals surface area contributed by atoms with Crippen LogP contribution in [0.2, 0.25) is 0 Å². The number of hydrogen-bond donors (Lipinski definition) is 4. The van der Waals surface area contributed by atoms with Crippen LogP contribution in [0.4, 0.5) is 0 Å². The van der Waals surface area contributed by atoms with Crippen molar-refractivity contribution in [2.75, 3.05) is 33.1 Å². The van der Waals surface area contributed by atoms with Crippen LogP contribution in [-0.4, -0.2) is 64.0 Å². The van der Waals surface area contributed by atoms with Crippen molar-refractivity contribution < 1.29 is 20.4 Å². The molecule has 0 unspecified atom stereocenters. The quantitative estimate of drug-likeness (QED) is 0.395. The van der Waals surface area contributed by atoms with Gasteiger partial charge in [-0.3, -0.25) is 4.90 Å². The van der Waals surface area contributed by atoms with Gasteiger partial charge in [0.05, 0.1) is 32.1 Å². The Hall–Kier alpha value is -0.200. The molecule has 0 aromatic rings. The molecular formula is C10H23NO4. The first-order chi connectivity index (χ1) is 7.06. The molecule has 5 heteroatoms. The lowest BCUT2D eigenvalue weighted by Gasteiger charge is -2.39. The summed E-state index contributed by atoms with van der Waals surface area (Å²) in [6.45, 7) is 3.22. The van der Waals surface area contributed by atoms with E-state index in [1.807, 2.05) is 13.8 Å². The van der Waals surface area contributed by atoms with Crippen molar-refractivity contribution in [1.29, 1.82) is 0 Å². The third-order valence-corrected chi connectivity index (χ3v) is 2.70.